The highest BCUT2D eigenvalue weighted by molar-refractivity contribution is 9.08. The molecule has 0 unspecified atom stereocenters. The third-order valence-corrected chi connectivity index (χ3v) is 3.17. The molecule has 0 radical (unpaired) electrons. The normalized spacial score (nSPS) is 10.1. The average molecular weight is 305 g/mol. The van der Waals surface area contributed by atoms with Gasteiger partial charge in [0.25, 0.3) is 5.91 Å². The molecule has 0 saturated carbocycles. The van der Waals surface area contributed by atoms with E-state index in [4.69, 9.17) is 0 Å². The molecule has 0 aliphatic rings. The van der Waals surface area contributed by atoms with Gasteiger partial charge in [0.05, 0.1) is 5.56 Å². The van der Waals surface area contributed by atoms with Crippen LogP contribution in [0.5, 0.6) is 0 Å². The molecule has 2 aromatic rings. The highest BCUT2D eigenvalue weighted by Crippen LogP contribution is 2.08. The zero-order valence-corrected chi connectivity index (χ0v) is 11.4. The van der Waals surface area contributed by atoms with Crippen LogP contribution in [0, 0.1) is 0 Å². The Morgan fingerprint density at radius 1 is 1.22 bits per heavy atom. The lowest BCUT2D eigenvalue weighted by Gasteiger charge is -2.06. The second kappa shape index (κ2) is 6.31. The molecule has 0 bridgehead atoms. The highest BCUT2D eigenvalue weighted by Gasteiger charge is 2.04. The molecule has 1 N–H and O–H groups in total. The quantitative estimate of drug-likeness (QED) is 0.883. The lowest BCUT2D eigenvalue weighted by molar-refractivity contribution is 0.0950. The number of carbonyl (C=O) groups excluding carboxylic acids is 1. The van der Waals surface area contributed by atoms with Gasteiger partial charge in [-0.15, -0.1) is 0 Å². The molecular weight excluding hydrogens is 292 g/mol. The van der Waals surface area contributed by atoms with Gasteiger partial charge in [0, 0.05) is 24.3 Å². The van der Waals surface area contributed by atoms with E-state index in [9.17, 15) is 4.79 Å². The molecule has 3 nitrogen and oxygen atoms in total. The number of halogens is 1. The van der Waals surface area contributed by atoms with Crippen LogP contribution < -0.4 is 5.32 Å². The molecule has 0 aliphatic carbocycles. The van der Waals surface area contributed by atoms with Crippen molar-refractivity contribution < 1.29 is 4.79 Å². The summed E-state index contributed by atoms with van der Waals surface area (Å²) in [7, 11) is 0. The smallest absolute Gasteiger partial charge is 0.253 e. The number of nitrogens with one attached hydrogen (secondary N) is 1. The van der Waals surface area contributed by atoms with Crippen molar-refractivity contribution in [1.29, 1.82) is 0 Å². The van der Waals surface area contributed by atoms with E-state index in [0.717, 1.165) is 10.9 Å². The first-order chi connectivity index (χ1) is 8.79. The first kappa shape index (κ1) is 12.8. The summed E-state index contributed by atoms with van der Waals surface area (Å²) < 4.78 is 0. The van der Waals surface area contributed by atoms with E-state index in [1.54, 1.807) is 24.5 Å². The number of rotatable bonds is 4. The molecule has 0 fully saturated rings. The summed E-state index contributed by atoms with van der Waals surface area (Å²) in [6.45, 7) is 0.522. The number of nitrogens with zero attached hydrogens (tertiary/aromatic N) is 1. The van der Waals surface area contributed by atoms with Gasteiger partial charge in [-0.3, -0.25) is 9.78 Å². The van der Waals surface area contributed by atoms with Crippen molar-refractivity contribution in [3.8, 4) is 0 Å². The number of amides is 1. The van der Waals surface area contributed by atoms with Gasteiger partial charge < -0.3 is 5.32 Å². The minimum absolute atomic E-state index is 0.104. The van der Waals surface area contributed by atoms with Crippen LogP contribution in [0.2, 0.25) is 0 Å². The summed E-state index contributed by atoms with van der Waals surface area (Å²) in [6.07, 6.45) is 3.21. The molecule has 4 heteroatoms. The van der Waals surface area contributed by atoms with Gasteiger partial charge in [-0.2, -0.15) is 0 Å². The number of benzene rings is 1. The second-order valence-electron chi connectivity index (χ2n) is 3.88. The van der Waals surface area contributed by atoms with Gasteiger partial charge in [-0.25, -0.2) is 0 Å². The Balaban J connectivity index is 1.97. The van der Waals surface area contributed by atoms with Crippen LogP contribution in [0.3, 0.4) is 0 Å². The van der Waals surface area contributed by atoms with E-state index in [0.29, 0.717) is 12.1 Å². The van der Waals surface area contributed by atoms with Crippen LogP contribution in [-0.4, -0.2) is 10.9 Å². The third-order valence-electron chi connectivity index (χ3n) is 2.52. The Morgan fingerprint density at radius 2 is 2.06 bits per heavy atom. The van der Waals surface area contributed by atoms with Gasteiger partial charge in [0.2, 0.25) is 0 Å². The maximum Gasteiger partial charge on any atom is 0.253 e. The summed E-state index contributed by atoms with van der Waals surface area (Å²) in [6, 6.07) is 11.6. The molecule has 1 aromatic heterocycles. The maximum absolute atomic E-state index is 11.8. The van der Waals surface area contributed by atoms with Crippen molar-refractivity contribution in [1.82, 2.24) is 10.3 Å². The zero-order valence-electron chi connectivity index (χ0n) is 9.77. The molecule has 1 amide bonds. The van der Waals surface area contributed by atoms with Crippen LogP contribution in [0.15, 0.2) is 48.8 Å². The summed E-state index contributed by atoms with van der Waals surface area (Å²) in [5.41, 5.74) is 2.86. The standard InChI is InChI=1S/C14H13BrN2O/c15-8-11-3-1-4-12(7-11)9-17-14(18)13-5-2-6-16-10-13/h1-7,10H,8-9H2,(H,17,18). The van der Waals surface area contributed by atoms with Crippen LogP contribution in [0.4, 0.5) is 0 Å². The summed E-state index contributed by atoms with van der Waals surface area (Å²) in [5, 5.41) is 3.69. The molecule has 2 rings (SSSR count). The number of aromatic nitrogens is 1. The average Bonchev–Trinajstić information content (AvgIpc) is 2.46. The number of alkyl halides is 1. The first-order valence-corrected chi connectivity index (χ1v) is 6.74. The van der Waals surface area contributed by atoms with Crippen molar-refractivity contribution in [3.63, 3.8) is 0 Å². The van der Waals surface area contributed by atoms with E-state index < -0.39 is 0 Å². The molecule has 18 heavy (non-hydrogen) atoms. The van der Waals surface area contributed by atoms with Gasteiger partial charge in [-0.1, -0.05) is 40.2 Å². The zero-order chi connectivity index (χ0) is 12.8. The fourth-order valence-corrected chi connectivity index (χ4v) is 1.95. The number of pyridine rings is 1. The Morgan fingerprint density at radius 3 is 2.78 bits per heavy atom. The van der Waals surface area contributed by atoms with Crippen LogP contribution in [0.1, 0.15) is 21.5 Å². The lowest BCUT2D eigenvalue weighted by Crippen LogP contribution is -2.22. The third kappa shape index (κ3) is 3.40. The van der Waals surface area contributed by atoms with Gasteiger partial charge in [0.1, 0.15) is 0 Å². The largest absolute Gasteiger partial charge is 0.348 e. The molecule has 1 heterocycles. The van der Waals surface area contributed by atoms with Gasteiger partial charge >= 0.3 is 0 Å². The van der Waals surface area contributed by atoms with E-state index in [1.807, 2.05) is 18.2 Å². The number of hydrogen-bond donors (Lipinski definition) is 1. The molecule has 0 saturated heterocycles. The number of carbonyl (C=O) groups is 1. The van der Waals surface area contributed by atoms with E-state index in [-0.39, 0.29) is 5.91 Å². The molecule has 1 aromatic carbocycles. The van der Waals surface area contributed by atoms with Crippen molar-refractivity contribution >= 4 is 21.8 Å². The first-order valence-electron chi connectivity index (χ1n) is 5.61. The predicted octanol–water partition coefficient (Wildman–Crippen LogP) is 2.91. The predicted molar refractivity (Wildman–Crippen MR) is 74.5 cm³/mol. The van der Waals surface area contributed by atoms with Crippen LogP contribution >= 0.6 is 15.9 Å². The Labute approximate surface area is 114 Å². The maximum atomic E-state index is 11.8. The Kier molecular flexibility index (Phi) is 4.47. The fraction of sp³-hybridized carbons (Fsp3) is 0.143. The van der Waals surface area contributed by atoms with E-state index in [1.165, 1.54) is 5.56 Å². The minimum atomic E-state index is -0.104. The molecule has 0 spiro atoms. The second-order valence-corrected chi connectivity index (χ2v) is 4.44. The fourth-order valence-electron chi connectivity index (χ4n) is 1.60. The van der Waals surface area contributed by atoms with Crippen LogP contribution in [-0.2, 0) is 11.9 Å². The monoisotopic (exact) mass is 304 g/mol. The molecule has 92 valence electrons. The van der Waals surface area contributed by atoms with E-state index in [2.05, 4.69) is 32.3 Å². The molecule has 0 aliphatic heterocycles. The van der Waals surface area contributed by atoms with Crippen molar-refractivity contribution in [2.75, 3.05) is 0 Å². The number of hydrogen-bond acceptors (Lipinski definition) is 2. The topological polar surface area (TPSA) is 42.0 Å². The van der Waals surface area contributed by atoms with E-state index >= 15 is 0 Å². The summed E-state index contributed by atoms with van der Waals surface area (Å²) in [4.78, 5) is 15.7. The highest BCUT2D eigenvalue weighted by atomic mass is 79.9. The molecule has 0 atom stereocenters. The minimum Gasteiger partial charge on any atom is -0.348 e. The Hall–Kier alpha value is -1.68. The van der Waals surface area contributed by atoms with Crippen molar-refractivity contribution in [2.24, 2.45) is 0 Å². The van der Waals surface area contributed by atoms with Crippen LogP contribution in [0.25, 0.3) is 0 Å². The lowest BCUT2D eigenvalue weighted by atomic mass is 10.1. The van der Waals surface area contributed by atoms with Crippen molar-refractivity contribution in [3.05, 3.63) is 65.5 Å². The molecular formula is C14H13BrN2O. The Bertz CT molecular complexity index is 528. The summed E-state index contributed by atoms with van der Waals surface area (Å²) >= 11 is 3.41. The van der Waals surface area contributed by atoms with Gasteiger partial charge in [-0.05, 0) is 23.3 Å². The van der Waals surface area contributed by atoms with Crippen molar-refractivity contribution in [2.45, 2.75) is 11.9 Å². The van der Waals surface area contributed by atoms with Gasteiger partial charge in [0.15, 0.2) is 0 Å². The SMILES string of the molecule is O=C(NCc1cccc(CBr)c1)c1cccnc1. The summed E-state index contributed by atoms with van der Waals surface area (Å²) in [5.74, 6) is -0.104.